The summed E-state index contributed by atoms with van der Waals surface area (Å²) >= 11 is 0.764. The highest BCUT2D eigenvalue weighted by atomic mass is 32.1. The van der Waals surface area contributed by atoms with E-state index in [1.807, 2.05) is 0 Å². The van der Waals surface area contributed by atoms with E-state index in [-0.39, 0.29) is 45.2 Å². The monoisotopic (exact) mass is 500 g/mol. The molecule has 0 aliphatic rings. The topological polar surface area (TPSA) is 121 Å². The van der Waals surface area contributed by atoms with Crippen LogP contribution >= 0.6 is 11.3 Å². The highest BCUT2D eigenvalue weighted by Crippen LogP contribution is 2.34. The van der Waals surface area contributed by atoms with Gasteiger partial charge in [-0.3, -0.25) is 9.59 Å². The number of amides is 2. The minimum absolute atomic E-state index is 0.0108. The molecule has 3 N–H and O–H groups in total. The molecule has 0 atom stereocenters. The van der Waals surface area contributed by atoms with Gasteiger partial charge in [0, 0.05) is 6.07 Å². The number of esters is 1. The molecule has 0 bridgehead atoms. The molecular weight excluding hydrogens is 484 g/mol. The molecule has 0 spiro atoms. The number of carbonyl (C=O) groups is 3. The van der Waals surface area contributed by atoms with Gasteiger partial charge in [-0.05, 0) is 31.5 Å². The van der Waals surface area contributed by atoms with E-state index in [9.17, 15) is 31.9 Å². The third kappa shape index (κ3) is 4.88. The minimum Gasteiger partial charge on any atom is -0.479 e. The van der Waals surface area contributed by atoms with Gasteiger partial charge < -0.3 is 24.9 Å². The SMILES string of the molecule is CCOC(=O)c1c(NC(=O)c2ccc(COc3c(F)c(F)cc(F)c3F)o2)sc(C(N)=O)c1C. The van der Waals surface area contributed by atoms with Gasteiger partial charge in [0.15, 0.2) is 23.1 Å². The van der Waals surface area contributed by atoms with Crippen molar-refractivity contribution < 1.29 is 45.8 Å². The Kier molecular flexibility index (Phi) is 7.25. The van der Waals surface area contributed by atoms with Crippen LogP contribution in [0.4, 0.5) is 22.6 Å². The van der Waals surface area contributed by atoms with Gasteiger partial charge >= 0.3 is 5.97 Å². The second-order valence-electron chi connectivity index (χ2n) is 6.65. The summed E-state index contributed by atoms with van der Waals surface area (Å²) in [6, 6.07) is 2.45. The Balaban J connectivity index is 1.79. The van der Waals surface area contributed by atoms with E-state index in [4.69, 9.17) is 19.6 Å². The van der Waals surface area contributed by atoms with Crippen molar-refractivity contribution in [1.82, 2.24) is 0 Å². The molecule has 34 heavy (non-hydrogen) atoms. The van der Waals surface area contributed by atoms with Crippen LogP contribution in [-0.2, 0) is 11.3 Å². The summed E-state index contributed by atoms with van der Waals surface area (Å²) < 4.78 is 68.9. The molecule has 2 heterocycles. The zero-order valence-corrected chi connectivity index (χ0v) is 18.4. The maximum absolute atomic E-state index is 13.7. The van der Waals surface area contributed by atoms with E-state index in [1.165, 1.54) is 19.1 Å². The molecular formula is C21H16F4N2O6S. The van der Waals surface area contributed by atoms with Crippen molar-refractivity contribution in [3.63, 3.8) is 0 Å². The van der Waals surface area contributed by atoms with Crippen LogP contribution in [0.25, 0.3) is 0 Å². The van der Waals surface area contributed by atoms with Crippen LogP contribution in [0.5, 0.6) is 5.75 Å². The van der Waals surface area contributed by atoms with Gasteiger partial charge in [-0.15, -0.1) is 11.3 Å². The lowest BCUT2D eigenvalue weighted by Crippen LogP contribution is -2.14. The van der Waals surface area contributed by atoms with Gasteiger partial charge in [-0.25, -0.2) is 13.6 Å². The summed E-state index contributed by atoms with van der Waals surface area (Å²) in [6.07, 6.45) is 0. The number of benzene rings is 1. The number of nitrogens with one attached hydrogen (secondary N) is 1. The molecule has 0 saturated carbocycles. The molecule has 3 aromatic rings. The summed E-state index contributed by atoms with van der Waals surface area (Å²) in [7, 11) is 0. The first kappa shape index (κ1) is 24.8. The summed E-state index contributed by atoms with van der Waals surface area (Å²) in [6.45, 7) is 2.43. The molecule has 0 unspecified atom stereocenters. The van der Waals surface area contributed by atoms with Crippen molar-refractivity contribution >= 4 is 34.1 Å². The predicted octanol–water partition coefficient (Wildman–Crippen LogP) is 4.31. The zero-order chi connectivity index (χ0) is 25.2. The van der Waals surface area contributed by atoms with Crippen LogP contribution in [0, 0.1) is 30.2 Å². The number of furan rings is 1. The fourth-order valence-corrected chi connectivity index (χ4v) is 3.89. The second-order valence-corrected chi connectivity index (χ2v) is 7.67. The lowest BCUT2D eigenvalue weighted by Gasteiger charge is -2.08. The van der Waals surface area contributed by atoms with E-state index >= 15 is 0 Å². The first-order valence-corrected chi connectivity index (χ1v) is 10.3. The number of nitrogens with two attached hydrogens (primary N) is 1. The van der Waals surface area contributed by atoms with Crippen LogP contribution in [0.15, 0.2) is 22.6 Å². The quantitative estimate of drug-likeness (QED) is 0.270. The summed E-state index contributed by atoms with van der Waals surface area (Å²) in [5.74, 6) is -10.9. The first-order valence-electron chi connectivity index (χ1n) is 9.51. The Morgan fingerprint density at radius 1 is 1.12 bits per heavy atom. The Morgan fingerprint density at radius 3 is 2.35 bits per heavy atom. The van der Waals surface area contributed by atoms with Gasteiger partial charge in [0.1, 0.15) is 17.4 Å². The molecule has 0 aliphatic heterocycles. The van der Waals surface area contributed by atoms with E-state index in [0.717, 1.165) is 11.3 Å². The van der Waals surface area contributed by atoms with E-state index in [2.05, 4.69) is 5.32 Å². The number of hydrogen-bond donors (Lipinski definition) is 2. The standard InChI is InChI=1S/C21H16F4N2O6S/c1-3-31-21(30)13-8(2)17(18(26)28)34-20(13)27-19(29)12-5-4-9(33-12)7-32-16-14(24)10(22)6-11(23)15(16)25/h4-6H,3,7H2,1-2H3,(H2,26,28)(H,27,29). The van der Waals surface area contributed by atoms with Crippen LogP contribution < -0.4 is 15.8 Å². The van der Waals surface area contributed by atoms with Crippen molar-refractivity contribution in [2.75, 3.05) is 11.9 Å². The van der Waals surface area contributed by atoms with Crippen LogP contribution in [0.1, 0.15) is 48.8 Å². The number of ether oxygens (including phenoxy) is 2. The average Bonchev–Trinajstić information content (AvgIpc) is 3.37. The third-order valence-corrected chi connectivity index (χ3v) is 5.61. The van der Waals surface area contributed by atoms with Crippen molar-refractivity contribution in [3.8, 4) is 5.75 Å². The van der Waals surface area contributed by atoms with E-state index in [1.54, 1.807) is 6.92 Å². The number of anilines is 1. The first-order chi connectivity index (χ1) is 16.0. The molecule has 13 heteroatoms. The van der Waals surface area contributed by atoms with Gasteiger partial charge in [0.05, 0.1) is 17.0 Å². The lowest BCUT2D eigenvalue weighted by molar-refractivity contribution is 0.0527. The number of primary amides is 1. The highest BCUT2D eigenvalue weighted by molar-refractivity contribution is 7.18. The average molecular weight is 500 g/mol. The molecule has 180 valence electrons. The van der Waals surface area contributed by atoms with Crippen LogP contribution in [0.3, 0.4) is 0 Å². The predicted molar refractivity (Wildman–Crippen MR) is 111 cm³/mol. The Bertz CT molecular complexity index is 1260. The molecule has 1 aromatic carbocycles. The minimum atomic E-state index is -1.73. The summed E-state index contributed by atoms with van der Waals surface area (Å²) in [5.41, 5.74) is 5.49. The van der Waals surface area contributed by atoms with Gasteiger partial charge in [0.25, 0.3) is 11.8 Å². The van der Waals surface area contributed by atoms with Crippen LogP contribution in [0.2, 0.25) is 0 Å². The maximum atomic E-state index is 13.7. The van der Waals surface area contributed by atoms with Crippen LogP contribution in [-0.4, -0.2) is 24.4 Å². The fourth-order valence-electron chi connectivity index (χ4n) is 2.85. The normalized spacial score (nSPS) is 10.8. The smallest absolute Gasteiger partial charge is 0.341 e. The number of hydrogen-bond acceptors (Lipinski definition) is 7. The molecule has 2 amide bonds. The molecule has 2 aromatic heterocycles. The summed E-state index contributed by atoms with van der Waals surface area (Å²) in [5, 5.41) is 2.41. The number of thiophene rings is 1. The number of carbonyl (C=O) groups excluding carboxylic acids is 3. The Hall–Kier alpha value is -3.87. The van der Waals surface area contributed by atoms with Crippen molar-refractivity contribution in [3.05, 3.63) is 69.0 Å². The zero-order valence-electron chi connectivity index (χ0n) is 17.6. The van der Waals surface area contributed by atoms with E-state index in [0.29, 0.717) is 0 Å². The molecule has 8 nitrogen and oxygen atoms in total. The largest absolute Gasteiger partial charge is 0.479 e. The number of rotatable bonds is 8. The molecule has 0 aliphatic carbocycles. The third-order valence-electron chi connectivity index (χ3n) is 4.39. The molecule has 0 saturated heterocycles. The summed E-state index contributed by atoms with van der Waals surface area (Å²) in [4.78, 5) is 36.6. The Morgan fingerprint density at radius 2 is 1.76 bits per heavy atom. The van der Waals surface area contributed by atoms with Gasteiger partial charge in [0.2, 0.25) is 11.6 Å². The maximum Gasteiger partial charge on any atom is 0.341 e. The Labute approximate surface area is 193 Å². The highest BCUT2D eigenvalue weighted by Gasteiger charge is 2.27. The second kappa shape index (κ2) is 9.95. The van der Waals surface area contributed by atoms with Crippen molar-refractivity contribution in [2.45, 2.75) is 20.5 Å². The fraction of sp³-hybridized carbons (Fsp3) is 0.190. The molecule has 0 radical (unpaired) electrons. The lowest BCUT2D eigenvalue weighted by atomic mass is 10.1. The van der Waals surface area contributed by atoms with Gasteiger partial charge in [-0.1, -0.05) is 0 Å². The molecule has 0 fully saturated rings. The number of halogens is 4. The van der Waals surface area contributed by atoms with Crippen molar-refractivity contribution in [2.24, 2.45) is 5.73 Å². The molecule has 3 rings (SSSR count). The van der Waals surface area contributed by atoms with Crippen molar-refractivity contribution in [1.29, 1.82) is 0 Å². The van der Waals surface area contributed by atoms with Gasteiger partial charge in [-0.2, -0.15) is 8.78 Å². The van der Waals surface area contributed by atoms with E-state index < -0.39 is 53.4 Å².